The lowest BCUT2D eigenvalue weighted by Gasteiger charge is -2.18. The van der Waals surface area contributed by atoms with Crippen LogP contribution in [0.5, 0.6) is 0 Å². The second kappa shape index (κ2) is 4.13. The number of piperidine rings is 1. The number of nitrogens with two attached hydrogens (primary N) is 1. The Morgan fingerprint density at radius 1 is 1.29 bits per heavy atom. The molecular weight excluding hydrogens is 214 g/mol. The van der Waals surface area contributed by atoms with E-state index in [9.17, 15) is 4.79 Å². The van der Waals surface area contributed by atoms with Gasteiger partial charge < -0.3 is 0 Å². The number of likely N-dealkylation sites (tertiary alicyclic amines) is 1. The van der Waals surface area contributed by atoms with Crippen LogP contribution in [-0.2, 0) is 11.3 Å². The first-order valence-corrected chi connectivity index (χ1v) is 6.06. The maximum Gasteiger partial charge on any atom is 0.237 e. The van der Waals surface area contributed by atoms with E-state index < -0.39 is 0 Å². The highest BCUT2D eigenvalue weighted by Crippen LogP contribution is 2.51. The number of rotatable bonds is 3. The van der Waals surface area contributed by atoms with Crippen molar-refractivity contribution in [2.24, 2.45) is 23.6 Å². The van der Waals surface area contributed by atoms with Gasteiger partial charge in [0.05, 0.1) is 0 Å². The van der Waals surface area contributed by atoms with E-state index in [2.05, 4.69) is 34.6 Å². The van der Waals surface area contributed by atoms with Crippen LogP contribution < -0.4 is 11.3 Å². The number of hydrogen-bond donors (Lipinski definition) is 2. The molecule has 1 aliphatic carbocycles. The molecule has 3 rings (SSSR count). The van der Waals surface area contributed by atoms with Crippen LogP contribution in [0.3, 0.4) is 0 Å². The number of benzene rings is 1. The lowest BCUT2D eigenvalue weighted by atomic mass is 10.2. The third-order valence-corrected chi connectivity index (χ3v) is 3.96. The summed E-state index contributed by atoms with van der Waals surface area (Å²) in [5, 5.41) is 0. The minimum Gasteiger partial charge on any atom is -0.298 e. The van der Waals surface area contributed by atoms with Gasteiger partial charge in [0.25, 0.3) is 0 Å². The van der Waals surface area contributed by atoms with Crippen molar-refractivity contribution in [2.75, 3.05) is 13.1 Å². The number of fused-ring (bicyclic) bond motifs is 1. The zero-order valence-electron chi connectivity index (χ0n) is 9.67. The van der Waals surface area contributed by atoms with Crippen molar-refractivity contribution in [3.05, 3.63) is 35.9 Å². The summed E-state index contributed by atoms with van der Waals surface area (Å²) in [6.07, 6.45) is 0. The van der Waals surface area contributed by atoms with Crippen LogP contribution >= 0.6 is 0 Å². The number of nitrogens with zero attached hydrogens (tertiary/aromatic N) is 1. The van der Waals surface area contributed by atoms with Gasteiger partial charge in [-0.1, -0.05) is 30.3 Å². The fourth-order valence-electron chi connectivity index (χ4n) is 3.07. The molecule has 17 heavy (non-hydrogen) atoms. The summed E-state index contributed by atoms with van der Waals surface area (Å²) in [4.78, 5) is 13.8. The summed E-state index contributed by atoms with van der Waals surface area (Å²) in [5.41, 5.74) is 3.60. The zero-order chi connectivity index (χ0) is 11.8. The summed E-state index contributed by atoms with van der Waals surface area (Å²) in [6.45, 7) is 3.04. The summed E-state index contributed by atoms with van der Waals surface area (Å²) < 4.78 is 0. The first kappa shape index (κ1) is 10.7. The van der Waals surface area contributed by atoms with Gasteiger partial charge in [-0.2, -0.15) is 0 Å². The number of carbonyl (C=O) groups excluding carboxylic acids is 1. The molecule has 1 amide bonds. The third kappa shape index (κ3) is 1.94. The van der Waals surface area contributed by atoms with E-state index in [4.69, 9.17) is 5.84 Å². The summed E-state index contributed by atoms with van der Waals surface area (Å²) in [5.74, 6) is 6.41. The van der Waals surface area contributed by atoms with Gasteiger partial charge in [-0.25, -0.2) is 5.84 Å². The van der Waals surface area contributed by atoms with Crippen molar-refractivity contribution in [3.8, 4) is 0 Å². The van der Waals surface area contributed by atoms with Crippen molar-refractivity contribution < 1.29 is 4.79 Å². The fourth-order valence-corrected chi connectivity index (χ4v) is 3.07. The van der Waals surface area contributed by atoms with Crippen LogP contribution in [0.15, 0.2) is 30.3 Å². The van der Waals surface area contributed by atoms with E-state index in [1.165, 1.54) is 5.56 Å². The molecule has 90 valence electrons. The first-order chi connectivity index (χ1) is 8.29. The van der Waals surface area contributed by atoms with Gasteiger partial charge in [0.15, 0.2) is 0 Å². The predicted molar refractivity (Wildman–Crippen MR) is 64.5 cm³/mol. The molecule has 2 fully saturated rings. The van der Waals surface area contributed by atoms with Crippen LogP contribution in [0.25, 0.3) is 0 Å². The minimum absolute atomic E-state index is 0.0133. The predicted octanol–water partition coefficient (Wildman–Crippen LogP) is 0.354. The monoisotopic (exact) mass is 231 g/mol. The van der Waals surface area contributed by atoms with Crippen LogP contribution in [0.2, 0.25) is 0 Å². The summed E-state index contributed by atoms with van der Waals surface area (Å²) >= 11 is 0. The Morgan fingerprint density at radius 3 is 2.53 bits per heavy atom. The molecule has 0 aromatic heterocycles. The maximum atomic E-state index is 11.4. The summed E-state index contributed by atoms with van der Waals surface area (Å²) in [6, 6.07) is 10.5. The van der Waals surface area contributed by atoms with Crippen LogP contribution in [0, 0.1) is 17.8 Å². The van der Waals surface area contributed by atoms with Crippen molar-refractivity contribution in [1.29, 1.82) is 0 Å². The van der Waals surface area contributed by atoms with Crippen molar-refractivity contribution in [3.63, 3.8) is 0 Å². The van der Waals surface area contributed by atoms with Crippen molar-refractivity contribution in [1.82, 2.24) is 10.3 Å². The zero-order valence-corrected chi connectivity index (χ0v) is 9.67. The lowest BCUT2D eigenvalue weighted by molar-refractivity contribution is -0.123. The molecule has 3 N–H and O–H groups in total. The highest BCUT2D eigenvalue weighted by atomic mass is 16.2. The third-order valence-electron chi connectivity index (χ3n) is 3.96. The molecule has 0 bridgehead atoms. The second-order valence-corrected chi connectivity index (χ2v) is 5.04. The summed E-state index contributed by atoms with van der Waals surface area (Å²) in [7, 11) is 0. The van der Waals surface area contributed by atoms with E-state index in [1.54, 1.807) is 0 Å². The Hall–Kier alpha value is -1.39. The van der Waals surface area contributed by atoms with E-state index in [0.717, 1.165) is 19.6 Å². The number of hydrazine groups is 1. The Labute approximate surface area is 101 Å². The molecule has 4 heteroatoms. The van der Waals surface area contributed by atoms with Gasteiger partial charge in [-0.3, -0.25) is 15.1 Å². The van der Waals surface area contributed by atoms with Gasteiger partial charge in [0, 0.05) is 25.6 Å². The quantitative estimate of drug-likeness (QED) is 0.448. The molecule has 1 saturated heterocycles. The first-order valence-electron chi connectivity index (χ1n) is 6.06. The van der Waals surface area contributed by atoms with Crippen LogP contribution in [-0.4, -0.2) is 23.9 Å². The van der Waals surface area contributed by atoms with E-state index >= 15 is 0 Å². The number of carbonyl (C=O) groups is 1. The van der Waals surface area contributed by atoms with Gasteiger partial charge in [0.1, 0.15) is 0 Å². The van der Waals surface area contributed by atoms with Crippen LogP contribution in [0.4, 0.5) is 0 Å². The van der Waals surface area contributed by atoms with Gasteiger partial charge >= 0.3 is 0 Å². The Kier molecular flexibility index (Phi) is 2.61. The molecule has 0 radical (unpaired) electrons. The molecule has 0 spiro atoms. The topological polar surface area (TPSA) is 58.4 Å². The van der Waals surface area contributed by atoms with Crippen molar-refractivity contribution >= 4 is 5.91 Å². The molecule has 2 aliphatic rings. The smallest absolute Gasteiger partial charge is 0.237 e. The SMILES string of the molecule is NNC(=O)C1C2CN(Cc3ccccc3)C[C@H]21. The average Bonchev–Trinajstić information content (AvgIpc) is 2.86. The molecule has 3 atom stereocenters. The Bertz CT molecular complexity index is 408. The van der Waals surface area contributed by atoms with Crippen molar-refractivity contribution in [2.45, 2.75) is 6.54 Å². The molecule has 1 saturated carbocycles. The molecule has 1 aliphatic heterocycles. The standard InChI is InChI=1S/C13H17N3O/c14-15-13(17)12-10-7-16(8-11(10)12)6-9-4-2-1-3-5-9/h1-5,10-12H,6-8,14H2,(H,15,17)/t10-,11?,12?/m1/s1. The molecule has 1 aromatic rings. The highest BCUT2D eigenvalue weighted by molar-refractivity contribution is 5.82. The van der Waals surface area contributed by atoms with Gasteiger partial charge in [0.2, 0.25) is 5.91 Å². The van der Waals surface area contributed by atoms with Gasteiger partial charge in [-0.15, -0.1) is 0 Å². The Balaban J connectivity index is 1.54. The number of nitrogens with one attached hydrogen (secondary N) is 1. The fraction of sp³-hybridized carbons (Fsp3) is 0.462. The average molecular weight is 231 g/mol. The van der Waals surface area contributed by atoms with Crippen LogP contribution in [0.1, 0.15) is 5.56 Å². The molecular formula is C13H17N3O. The normalized spacial score (nSPS) is 31.0. The maximum absolute atomic E-state index is 11.4. The highest BCUT2D eigenvalue weighted by Gasteiger charge is 2.58. The molecule has 2 unspecified atom stereocenters. The Morgan fingerprint density at radius 2 is 1.94 bits per heavy atom. The van der Waals surface area contributed by atoms with Gasteiger partial charge in [-0.05, 0) is 17.4 Å². The second-order valence-electron chi connectivity index (χ2n) is 5.04. The molecule has 1 aromatic carbocycles. The minimum atomic E-state index is 0.0133. The molecule has 4 nitrogen and oxygen atoms in total. The lowest BCUT2D eigenvalue weighted by Crippen LogP contribution is -2.35. The largest absolute Gasteiger partial charge is 0.298 e. The molecule has 1 heterocycles. The van der Waals surface area contributed by atoms with E-state index in [-0.39, 0.29) is 11.8 Å². The van der Waals surface area contributed by atoms with E-state index in [0.29, 0.717) is 11.8 Å². The van der Waals surface area contributed by atoms with E-state index in [1.807, 2.05) is 6.07 Å². The number of hydrogen-bond acceptors (Lipinski definition) is 3. The number of amides is 1.